The molecule has 0 saturated carbocycles. The van der Waals surface area contributed by atoms with E-state index in [0.717, 1.165) is 17.0 Å². The van der Waals surface area contributed by atoms with Crippen LogP contribution < -0.4 is 10.1 Å². The molecule has 0 fully saturated rings. The maximum absolute atomic E-state index is 11.9. The lowest BCUT2D eigenvalue weighted by molar-refractivity contribution is -0.139. The van der Waals surface area contributed by atoms with E-state index in [1.165, 1.54) is 0 Å². The van der Waals surface area contributed by atoms with Crippen LogP contribution in [0.5, 0.6) is 5.75 Å². The predicted molar refractivity (Wildman–Crippen MR) is 88.0 cm³/mol. The average Bonchev–Trinajstić information content (AvgIpc) is 2.84. The lowest BCUT2D eigenvalue weighted by Crippen LogP contribution is -2.30. The van der Waals surface area contributed by atoms with Gasteiger partial charge in [-0.25, -0.2) is 4.79 Å². The van der Waals surface area contributed by atoms with E-state index in [0.29, 0.717) is 18.7 Å². The molecule has 128 valence electrons. The molecule has 0 spiro atoms. The highest BCUT2D eigenvalue weighted by molar-refractivity contribution is 5.75. The summed E-state index contributed by atoms with van der Waals surface area (Å²) in [6.45, 7) is 4.18. The van der Waals surface area contributed by atoms with Crippen LogP contribution in [0.25, 0.3) is 0 Å². The summed E-state index contributed by atoms with van der Waals surface area (Å²) < 4.78 is 6.75. The molecule has 7 nitrogen and oxygen atoms in total. The van der Waals surface area contributed by atoms with Crippen molar-refractivity contribution in [2.75, 3.05) is 13.2 Å². The van der Waals surface area contributed by atoms with Crippen LogP contribution in [0.1, 0.15) is 17.0 Å². The summed E-state index contributed by atoms with van der Waals surface area (Å²) in [7, 11) is 0. The normalized spacial score (nSPS) is 10.4. The number of amides is 1. The number of aliphatic carboxylic acids is 1. The molecule has 0 atom stereocenters. The Bertz CT molecular complexity index is 707. The Hall–Kier alpha value is -2.83. The smallest absolute Gasteiger partial charge is 0.341 e. The molecule has 2 aromatic rings. The third kappa shape index (κ3) is 5.42. The second kappa shape index (κ2) is 8.14. The van der Waals surface area contributed by atoms with Crippen LogP contribution in [0.15, 0.2) is 30.3 Å². The van der Waals surface area contributed by atoms with E-state index in [4.69, 9.17) is 9.84 Å². The van der Waals surface area contributed by atoms with Crippen molar-refractivity contribution in [3.63, 3.8) is 0 Å². The third-order valence-corrected chi connectivity index (χ3v) is 3.42. The van der Waals surface area contributed by atoms with E-state index < -0.39 is 5.97 Å². The van der Waals surface area contributed by atoms with Crippen molar-refractivity contribution >= 4 is 11.9 Å². The van der Waals surface area contributed by atoms with Crippen molar-refractivity contribution < 1.29 is 19.4 Å². The van der Waals surface area contributed by atoms with Gasteiger partial charge in [0, 0.05) is 12.2 Å². The van der Waals surface area contributed by atoms with E-state index >= 15 is 0 Å². The maximum Gasteiger partial charge on any atom is 0.341 e. The Balaban J connectivity index is 1.74. The van der Waals surface area contributed by atoms with E-state index in [1.54, 1.807) is 16.8 Å². The molecule has 0 saturated heterocycles. The summed E-state index contributed by atoms with van der Waals surface area (Å²) in [6.07, 6.45) is 0.683. The summed E-state index contributed by atoms with van der Waals surface area (Å²) in [5.74, 6) is -0.582. The topological polar surface area (TPSA) is 93.5 Å². The SMILES string of the molecule is Cc1cc(C)n(CC(=O)NCCc2ccc(OCC(=O)O)cc2)n1. The number of hydrogen-bond acceptors (Lipinski definition) is 4. The lowest BCUT2D eigenvalue weighted by Gasteiger charge is -2.08. The number of carboxylic acids is 1. The molecular weight excluding hydrogens is 310 g/mol. The van der Waals surface area contributed by atoms with Gasteiger partial charge in [-0.05, 0) is 44.0 Å². The maximum atomic E-state index is 11.9. The van der Waals surface area contributed by atoms with Crippen molar-refractivity contribution in [2.24, 2.45) is 0 Å². The zero-order valence-corrected chi connectivity index (χ0v) is 13.8. The molecule has 0 aliphatic carbocycles. The number of carboxylic acid groups (broad SMARTS) is 1. The quantitative estimate of drug-likeness (QED) is 0.761. The van der Waals surface area contributed by atoms with Gasteiger partial charge in [0.05, 0.1) is 5.69 Å². The Morgan fingerprint density at radius 2 is 1.96 bits per heavy atom. The highest BCUT2D eigenvalue weighted by Crippen LogP contribution is 2.12. The van der Waals surface area contributed by atoms with Gasteiger partial charge in [0.2, 0.25) is 5.91 Å². The number of rotatable bonds is 8. The first-order valence-corrected chi connectivity index (χ1v) is 7.65. The van der Waals surface area contributed by atoms with E-state index in [9.17, 15) is 9.59 Å². The number of carbonyl (C=O) groups excluding carboxylic acids is 1. The van der Waals surface area contributed by atoms with Crippen molar-refractivity contribution in [3.8, 4) is 5.75 Å². The van der Waals surface area contributed by atoms with Crippen molar-refractivity contribution in [1.29, 1.82) is 0 Å². The summed E-state index contributed by atoms with van der Waals surface area (Å²) in [4.78, 5) is 22.3. The number of nitrogens with zero attached hydrogens (tertiary/aromatic N) is 2. The third-order valence-electron chi connectivity index (χ3n) is 3.42. The number of hydrogen-bond donors (Lipinski definition) is 2. The molecule has 1 aromatic carbocycles. The first kappa shape index (κ1) is 17.5. The van der Waals surface area contributed by atoms with Gasteiger partial charge < -0.3 is 15.2 Å². The van der Waals surface area contributed by atoms with Crippen molar-refractivity contribution in [2.45, 2.75) is 26.8 Å². The molecule has 1 amide bonds. The number of carbonyl (C=O) groups is 2. The summed E-state index contributed by atoms with van der Waals surface area (Å²) >= 11 is 0. The van der Waals surface area contributed by atoms with Gasteiger partial charge >= 0.3 is 5.97 Å². The molecule has 1 aromatic heterocycles. The number of aromatic nitrogens is 2. The molecule has 2 rings (SSSR count). The van der Waals surface area contributed by atoms with Crippen molar-refractivity contribution in [1.82, 2.24) is 15.1 Å². The van der Waals surface area contributed by atoms with Crippen LogP contribution in [-0.4, -0.2) is 39.9 Å². The number of aryl methyl sites for hydroxylation is 2. The molecular formula is C17H21N3O4. The summed E-state index contributed by atoms with van der Waals surface area (Å²) in [6, 6.07) is 9.07. The van der Waals surface area contributed by atoms with Gasteiger partial charge in [-0.1, -0.05) is 12.1 Å². The zero-order chi connectivity index (χ0) is 17.5. The second-order valence-corrected chi connectivity index (χ2v) is 5.51. The van der Waals surface area contributed by atoms with Gasteiger partial charge in [-0.3, -0.25) is 9.48 Å². The Morgan fingerprint density at radius 3 is 2.54 bits per heavy atom. The van der Waals surface area contributed by atoms with Crippen LogP contribution in [-0.2, 0) is 22.6 Å². The Labute approximate surface area is 140 Å². The first-order chi connectivity index (χ1) is 11.4. The van der Waals surface area contributed by atoms with Gasteiger partial charge in [-0.2, -0.15) is 5.10 Å². The van der Waals surface area contributed by atoms with Gasteiger partial charge in [0.25, 0.3) is 0 Å². The van der Waals surface area contributed by atoms with E-state index in [1.807, 2.05) is 32.0 Å². The van der Waals surface area contributed by atoms with Crippen LogP contribution in [0.3, 0.4) is 0 Å². The van der Waals surface area contributed by atoms with Gasteiger partial charge in [0.15, 0.2) is 6.61 Å². The van der Waals surface area contributed by atoms with E-state index in [-0.39, 0.29) is 19.1 Å². The number of ether oxygens (including phenoxy) is 1. The molecule has 2 N–H and O–H groups in total. The molecule has 0 unspecified atom stereocenters. The molecule has 7 heteroatoms. The monoisotopic (exact) mass is 331 g/mol. The van der Waals surface area contributed by atoms with Gasteiger partial charge in [0.1, 0.15) is 12.3 Å². The second-order valence-electron chi connectivity index (χ2n) is 5.51. The average molecular weight is 331 g/mol. The predicted octanol–water partition coefficient (Wildman–Crippen LogP) is 1.32. The summed E-state index contributed by atoms with van der Waals surface area (Å²) in [5.41, 5.74) is 2.88. The van der Waals surface area contributed by atoms with Crippen LogP contribution in [0.4, 0.5) is 0 Å². The van der Waals surface area contributed by atoms with Crippen molar-refractivity contribution in [3.05, 3.63) is 47.3 Å². The molecule has 0 aliphatic rings. The zero-order valence-electron chi connectivity index (χ0n) is 13.8. The standard InChI is InChI=1S/C17H21N3O4/c1-12-9-13(2)20(19-12)10-16(21)18-8-7-14-3-5-15(6-4-14)24-11-17(22)23/h3-6,9H,7-8,10-11H2,1-2H3,(H,18,21)(H,22,23). The van der Waals surface area contributed by atoms with Crippen LogP contribution >= 0.6 is 0 Å². The Morgan fingerprint density at radius 1 is 1.25 bits per heavy atom. The minimum Gasteiger partial charge on any atom is -0.482 e. The highest BCUT2D eigenvalue weighted by atomic mass is 16.5. The van der Waals surface area contributed by atoms with Gasteiger partial charge in [-0.15, -0.1) is 0 Å². The number of benzene rings is 1. The van der Waals surface area contributed by atoms with Crippen LogP contribution in [0.2, 0.25) is 0 Å². The van der Waals surface area contributed by atoms with E-state index in [2.05, 4.69) is 10.4 Å². The fourth-order valence-corrected chi connectivity index (χ4v) is 2.27. The molecule has 1 heterocycles. The molecule has 0 aliphatic heterocycles. The minimum absolute atomic E-state index is 0.0809. The molecule has 0 bridgehead atoms. The summed E-state index contributed by atoms with van der Waals surface area (Å²) in [5, 5.41) is 15.7. The Kier molecular flexibility index (Phi) is 5.95. The lowest BCUT2D eigenvalue weighted by atomic mass is 10.1. The number of nitrogens with one attached hydrogen (secondary N) is 1. The fourth-order valence-electron chi connectivity index (χ4n) is 2.27. The molecule has 0 radical (unpaired) electrons. The highest BCUT2D eigenvalue weighted by Gasteiger charge is 2.06. The minimum atomic E-state index is -1.01. The van der Waals surface area contributed by atoms with Crippen LogP contribution in [0, 0.1) is 13.8 Å². The first-order valence-electron chi connectivity index (χ1n) is 7.65. The largest absolute Gasteiger partial charge is 0.482 e. The fraction of sp³-hybridized carbons (Fsp3) is 0.353. The molecule has 24 heavy (non-hydrogen) atoms.